The summed E-state index contributed by atoms with van der Waals surface area (Å²) in [5.41, 5.74) is -0.643. The summed E-state index contributed by atoms with van der Waals surface area (Å²) < 4.78 is 0. The lowest BCUT2D eigenvalue weighted by molar-refractivity contribution is -0.136. The maximum absolute atomic E-state index is 12.2. The molecule has 2 aliphatic carbocycles. The fraction of sp³-hybridized carbons (Fsp3) is 0.846. The maximum atomic E-state index is 12.2. The Bertz CT molecular complexity index is 327. The van der Waals surface area contributed by atoms with Gasteiger partial charge in [0.15, 0.2) is 0 Å². The standard InChI is InChI=1S/C13H20N2O/c1-10-4-3-5-11(8-10)15(2)12(16)13(9-14)6-7-13/h10-11H,3-8H2,1-2H3. The van der Waals surface area contributed by atoms with Crippen molar-refractivity contribution in [3.05, 3.63) is 0 Å². The fourth-order valence-corrected chi connectivity index (χ4v) is 2.76. The zero-order valence-electron chi connectivity index (χ0n) is 10.2. The van der Waals surface area contributed by atoms with Gasteiger partial charge in [-0.2, -0.15) is 5.26 Å². The van der Waals surface area contributed by atoms with Crippen LogP contribution in [0.3, 0.4) is 0 Å². The van der Waals surface area contributed by atoms with Crippen molar-refractivity contribution in [3.8, 4) is 6.07 Å². The molecular formula is C13H20N2O. The smallest absolute Gasteiger partial charge is 0.243 e. The number of rotatable bonds is 2. The van der Waals surface area contributed by atoms with Crippen LogP contribution in [0.1, 0.15) is 45.4 Å². The number of nitriles is 1. The van der Waals surface area contributed by atoms with E-state index in [4.69, 9.17) is 5.26 Å². The second kappa shape index (κ2) is 4.08. The van der Waals surface area contributed by atoms with E-state index < -0.39 is 5.41 Å². The lowest BCUT2D eigenvalue weighted by atomic mass is 9.86. The van der Waals surface area contributed by atoms with Gasteiger partial charge in [0.05, 0.1) is 6.07 Å². The molecule has 0 heterocycles. The molecule has 2 rings (SSSR count). The third-order valence-electron chi connectivity index (χ3n) is 4.15. The van der Waals surface area contributed by atoms with Gasteiger partial charge < -0.3 is 4.90 Å². The van der Waals surface area contributed by atoms with Crippen LogP contribution in [0.4, 0.5) is 0 Å². The van der Waals surface area contributed by atoms with Crippen molar-refractivity contribution >= 4 is 5.91 Å². The van der Waals surface area contributed by atoms with Gasteiger partial charge in [0.2, 0.25) is 5.91 Å². The number of amides is 1. The zero-order chi connectivity index (χ0) is 11.8. The van der Waals surface area contributed by atoms with Crippen LogP contribution in [0.15, 0.2) is 0 Å². The summed E-state index contributed by atoms with van der Waals surface area (Å²) >= 11 is 0. The average Bonchev–Trinajstić information content (AvgIpc) is 3.08. The molecule has 16 heavy (non-hydrogen) atoms. The second-order valence-electron chi connectivity index (χ2n) is 5.54. The molecule has 0 saturated heterocycles. The van der Waals surface area contributed by atoms with E-state index in [0.29, 0.717) is 12.0 Å². The van der Waals surface area contributed by atoms with Crippen LogP contribution in [0.2, 0.25) is 0 Å². The number of carbonyl (C=O) groups is 1. The van der Waals surface area contributed by atoms with Crippen LogP contribution in [0, 0.1) is 22.7 Å². The molecule has 3 nitrogen and oxygen atoms in total. The molecule has 0 radical (unpaired) electrons. The van der Waals surface area contributed by atoms with E-state index in [1.807, 2.05) is 11.9 Å². The summed E-state index contributed by atoms with van der Waals surface area (Å²) in [6.07, 6.45) is 6.21. The normalized spacial score (nSPS) is 31.6. The molecule has 2 aliphatic rings. The number of carbonyl (C=O) groups excluding carboxylic acids is 1. The average molecular weight is 220 g/mol. The molecule has 0 aromatic carbocycles. The van der Waals surface area contributed by atoms with Gasteiger partial charge in [-0.3, -0.25) is 4.79 Å². The molecule has 0 spiro atoms. The third kappa shape index (κ3) is 1.93. The van der Waals surface area contributed by atoms with Crippen molar-refractivity contribution in [3.63, 3.8) is 0 Å². The van der Waals surface area contributed by atoms with Crippen molar-refractivity contribution in [2.24, 2.45) is 11.3 Å². The third-order valence-corrected chi connectivity index (χ3v) is 4.15. The van der Waals surface area contributed by atoms with Gasteiger partial charge in [-0.25, -0.2) is 0 Å². The van der Waals surface area contributed by atoms with E-state index in [9.17, 15) is 4.79 Å². The van der Waals surface area contributed by atoms with E-state index >= 15 is 0 Å². The first-order valence-electron chi connectivity index (χ1n) is 6.27. The zero-order valence-corrected chi connectivity index (χ0v) is 10.2. The lowest BCUT2D eigenvalue weighted by Crippen LogP contribution is -2.43. The molecule has 0 aromatic heterocycles. The van der Waals surface area contributed by atoms with Gasteiger partial charge in [-0.1, -0.05) is 19.8 Å². The molecule has 2 atom stereocenters. The highest BCUT2D eigenvalue weighted by Crippen LogP contribution is 2.47. The molecule has 1 amide bonds. The molecule has 2 saturated carbocycles. The first-order valence-corrected chi connectivity index (χ1v) is 6.27. The largest absolute Gasteiger partial charge is 0.341 e. The van der Waals surface area contributed by atoms with Gasteiger partial charge in [0, 0.05) is 13.1 Å². The number of nitrogens with zero attached hydrogens (tertiary/aromatic N) is 2. The molecule has 0 bridgehead atoms. The fourth-order valence-electron chi connectivity index (χ4n) is 2.76. The summed E-state index contributed by atoms with van der Waals surface area (Å²) in [5, 5.41) is 9.03. The predicted molar refractivity (Wildman–Crippen MR) is 61.5 cm³/mol. The Balaban J connectivity index is 1.99. The first kappa shape index (κ1) is 11.4. The van der Waals surface area contributed by atoms with Crippen molar-refractivity contribution in [1.82, 2.24) is 4.90 Å². The summed E-state index contributed by atoms with van der Waals surface area (Å²) in [5.74, 6) is 0.778. The van der Waals surface area contributed by atoms with E-state index in [-0.39, 0.29) is 5.91 Å². The topological polar surface area (TPSA) is 44.1 Å². The van der Waals surface area contributed by atoms with E-state index in [2.05, 4.69) is 13.0 Å². The number of hydrogen-bond acceptors (Lipinski definition) is 2. The minimum Gasteiger partial charge on any atom is -0.341 e. The van der Waals surface area contributed by atoms with Crippen molar-refractivity contribution < 1.29 is 4.79 Å². The minimum atomic E-state index is -0.643. The quantitative estimate of drug-likeness (QED) is 0.717. The number of hydrogen-bond donors (Lipinski definition) is 0. The lowest BCUT2D eigenvalue weighted by Gasteiger charge is -2.35. The second-order valence-corrected chi connectivity index (χ2v) is 5.54. The molecule has 0 aromatic rings. The molecule has 0 aliphatic heterocycles. The first-order chi connectivity index (χ1) is 7.59. The highest BCUT2D eigenvalue weighted by atomic mass is 16.2. The van der Waals surface area contributed by atoms with Gasteiger partial charge in [-0.05, 0) is 31.6 Å². The van der Waals surface area contributed by atoms with Crippen molar-refractivity contribution in [1.29, 1.82) is 5.26 Å². The van der Waals surface area contributed by atoms with E-state index in [0.717, 1.165) is 25.7 Å². The van der Waals surface area contributed by atoms with E-state index in [1.54, 1.807) is 0 Å². The van der Waals surface area contributed by atoms with Gasteiger partial charge in [-0.15, -0.1) is 0 Å². The van der Waals surface area contributed by atoms with Crippen LogP contribution in [0.25, 0.3) is 0 Å². The van der Waals surface area contributed by atoms with Crippen LogP contribution < -0.4 is 0 Å². The highest BCUT2D eigenvalue weighted by Gasteiger charge is 2.52. The van der Waals surface area contributed by atoms with Gasteiger partial charge in [0.1, 0.15) is 5.41 Å². The molecule has 2 fully saturated rings. The minimum absolute atomic E-state index is 0.0640. The Labute approximate surface area is 97.4 Å². The van der Waals surface area contributed by atoms with Crippen molar-refractivity contribution in [2.75, 3.05) is 7.05 Å². The summed E-state index contributed by atoms with van der Waals surface area (Å²) in [7, 11) is 1.88. The Morgan fingerprint density at radius 1 is 1.44 bits per heavy atom. The Morgan fingerprint density at radius 3 is 2.62 bits per heavy atom. The monoisotopic (exact) mass is 220 g/mol. The van der Waals surface area contributed by atoms with Crippen molar-refractivity contribution in [2.45, 2.75) is 51.5 Å². The SMILES string of the molecule is CC1CCCC(N(C)C(=O)C2(C#N)CC2)C1. The molecule has 88 valence electrons. The molecule has 0 N–H and O–H groups in total. The Kier molecular flexibility index (Phi) is 2.92. The van der Waals surface area contributed by atoms with E-state index in [1.165, 1.54) is 12.8 Å². The van der Waals surface area contributed by atoms with Crippen LogP contribution in [-0.2, 0) is 4.79 Å². The summed E-state index contributed by atoms with van der Waals surface area (Å²) in [4.78, 5) is 14.0. The maximum Gasteiger partial charge on any atom is 0.243 e. The van der Waals surface area contributed by atoms with Gasteiger partial charge in [0.25, 0.3) is 0 Å². The Morgan fingerprint density at radius 2 is 2.12 bits per heavy atom. The van der Waals surface area contributed by atoms with Crippen LogP contribution in [0.5, 0.6) is 0 Å². The summed E-state index contributed by atoms with van der Waals surface area (Å²) in [6.45, 7) is 2.25. The summed E-state index contributed by atoms with van der Waals surface area (Å²) in [6, 6.07) is 2.56. The molecule has 2 unspecified atom stereocenters. The Hall–Kier alpha value is -1.04. The molecule has 3 heteroatoms. The predicted octanol–water partition coefficient (Wildman–Crippen LogP) is 2.33. The van der Waals surface area contributed by atoms with Crippen LogP contribution in [-0.4, -0.2) is 23.9 Å². The molecular weight excluding hydrogens is 200 g/mol. The van der Waals surface area contributed by atoms with Gasteiger partial charge >= 0.3 is 0 Å². The highest BCUT2D eigenvalue weighted by molar-refractivity contribution is 5.88. The van der Waals surface area contributed by atoms with Crippen LogP contribution >= 0.6 is 0 Å².